The van der Waals surface area contributed by atoms with Gasteiger partial charge in [-0.3, -0.25) is 4.79 Å². The van der Waals surface area contributed by atoms with Gasteiger partial charge in [0.25, 0.3) is 5.91 Å². The lowest BCUT2D eigenvalue weighted by atomic mass is 10.1. The zero-order valence-corrected chi connectivity index (χ0v) is 12.1. The average Bonchev–Trinajstić information content (AvgIpc) is 2.67. The van der Waals surface area contributed by atoms with E-state index in [1.54, 1.807) is 0 Å². The van der Waals surface area contributed by atoms with Crippen LogP contribution in [0.4, 0.5) is 0 Å². The van der Waals surface area contributed by atoms with Crippen molar-refractivity contribution in [2.24, 2.45) is 0 Å². The first-order valence-electron chi connectivity index (χ1n) is 6.71. The summed E-state index contributed by atoms with van der Waals surface area (Å²) in [7, 11) is 0. The molecule has 0 saturated heterocycles. The largest absolute Gasteiger partial charge is 0.328 e. The third kappa shape index (κ3) is 2.78. The number of carbonyl (C=O) groups is 1. The van der Waals surface area contributed by atoms with Gasteiger partial charge in [-0.05, 0) is 38.8 Å². The highest BCUT2D eigenvalue weighted by Crippen LogP contribution is 2.29. The number of nitrogens with zero attached hydrogens (tertiary/aromatic N) is 1. The van der Waals surface area contributed by atoms with Crippen LogP contribution in [-0.2, 0) is 4.79 Å². The number of hydrogen-bond donors (Lipinski definition) is 0. The molecule has 1 aliphatic rings. The summed E-state index contributed by atoms with van der Waals surface area (Å²) in [6.07, 6.45) is 2.12. The molecule has 1 aromatic carbocycles. The van der Waals surface area contributed by atoms with E-state index in [0.29, 0.717) is 6.54 Å². The number of carbonyl (C=O) groups excluding carboxylic acids is 1. The predicted molar refractivity (Wildman–Crippen MR) is 78.7 cm³/mol. The summed E-state index contributed by atoms with van der Waals surface area (Å²) in [5, 5.41) is 0. The van der Waals surface area contributed by atoms with E-state index in [-0.39, 0.29) is 11.9 Å². The van der Waals surface area contributed by atoms with Crippen molar-refractivity contribution in [2.45, 2.75) is 33.7 Å². The Bertz CT molecular complexity index is 536. The molecule has 100 valence electrons. The summed E-state index contributed by atoms with van der Waals surface area (Å²) >= 11 is 0. The van der Waals surface area contributed by atoms with Gasteiger partial charge in [-0.15, -0.1) is 0 Å². The SMILES string of the molecule is CC(C)=CC1=C(C)C(=O)N(C(C)c2ccccc2)C1. The summed E-state index contributed by atoms with van der Waals surface area (Å²) in [6, 6.07) is 10.3. The average molecular weight is 255 g/mol. The quantitative estimate of drug-likeness (QED) is 0.802. The van der Waals surface area contributed by atoms with E-state index >= 15 is 0 Å². The Morgan fingerprint density at radius 3 is 2.47 bits per heavy atom. The lowest BCUT2D eigenvalue weighted by molar-refractivity contribution is -0.127. The fraction of sp³-hybridized carbons (Fsp3) is 0.353. The van der Waals surface area contributed by atoms with Gasteiger partial charge in [-0.1, -0.05) is 42.0 Å². The van der Waals surface area contributed by atoms with Crippen LogP contribution in [0.15, 0.2) is 53.1 Å². The van der Waals surface area contributed by atoms with Crippen molar-refractivity contribution in [3.05, 3.63) is 58.7 Å². The van der Waals surface area contributed by atoms with Crippen LogP contribution in [0.2, 0.25) is 0 Å². The Kier molecular flexibility index (Phi) is 3.89. The van der Waals surface area contributed by atoms with Crippen LogP contribution in [0.3, 0.4) is 0 Å². The topological polar surface area (TPSA) is 20.3 Å². The van der Waals surface area contributed by atoms with Crippen LogP contribution >= 0.6 is 0 Å². The molecule has 2 rings (SSSR count). The number of hydrogen-bond acceptors (Lipinski definition) is 1. The summed E-state index contributed by atoms with van der Waals surface area (Å²) in [6.45, 7) is 8.86. The van der Waals surface area contributed by atoms with Crippen LogP contribution in [-0.4, -0.2) is 17.4 Å². The van der Waals surface area contributed by atoms with E-state index in [1.165, 1.54) is 11.1 Å². The third-order valence-corrected chi connectivity index (χ3v) is 3.62. The van der Waals surface area contributed by atoms with Crippen LogP contribution < -0.4 is 0 Å². The first-order chi connectivity index (χ1) is 9.00. The summed E-state index contributed by atoms with van der Waals surface area (Å²) in [5.41, 5.74) is 4.44. The van der Waals surface area contributed by atoms with E-state index < -0.39 is 0 Å². The molecular formula is C17H21NO. The second-order valence-corrected chi connectivity index (χ2v) is 5.39. The highest BCUT2D eigenvalue weighted by atomic mass is 16.2. The molecule has 1 aromatic rings. The van der Waals surface area contributed by atoms with E-state index in [4.69, 9.17) is 0 Å². The van der Waals surface area contributed by atoms with Crippen molar-refractivity contribution in [1.82, 2.24) is 4.90 Å². The minimum absolute atomic E-state index is 0.117. The van der Waals surface area contributed by atoms with E-state index in [9.17, 15) is 4.79 Å². The maximum absolute atomic E-state index is 12.4. The van der Waals surface area contributed by atoms with Crippen molar-refractivity contribution in [2.75, 3.05) is 6.54 Å². The van der Waals surface area contributed by atoms with Gasteiger partial charge in [-0.25, -0.2) is 0 Å². The predicted octanol–water partition coefficient (Wildman–Crippen LogP) is 3.87. The molecule has 0 N–H and O–H groups in total. The minimum atomic E-state index is 0.117. The number of benzene rings is 1. The van der Waals surface area contributed by atoms with Gasteiger partial charge in [0, 0.05) is 12.1 Å². The fourth-order valence-corrected chi connectivity index (χ4v) is 2.45. The molecule has 19 heavy (non-hydrogen) atoms. The van der Waals surface area contributed by atoms with Crippen LogP contribution in [0.1, 0.15) is 39.3 Å². The van der Waals surface area contributed by atoms with Crippen molar-refractivity contribution < 1.29 is 4.79 Å². The van der Waals surface area contributed by atoms with Gasteiger partial charge < -0.3 is 4.90 Å². The number of allylic oxidation sites excluding steroid dienone is 1. The van der Waals surface area contributed by atoms with E-state index in [1.807, 2.05) is 30.0 Å². The fourth-order valence-electron chi connectivity index (χ4n) is 2.45. The Morgan fingerprint density at radius 2 is 1.89 bits per heavy atom. The van der Waals surface area contributed by atoms with Crippen LogP contribution in [0, 0.1) is 0 Å². The maximum atomic E-state index is 12.4. The molecule has 2 heteroatoms. The molecule has 0 bridgehead atoms. The van der Waals surface area contributed by atoms with Crippen LogP contribution in [0.25, 0.3) is 0 Å². The second kappa shape index (κ2) is 5.43. The first kappa shape index (κ1) is 13.6. The van der Waals surface area contributed by atoms with Crippen molar-refractivity contribution in [3.63, 3.8) is 0 Å². The highest BCUT2D eigenvalue weighted by Gasteiger charge is 2.30. The number of rotatable bonds is 3. The third-order valence-electron chi connectivity index (χ3n) is 3.62. The lowest BCUT2D eigenvalue weighted by Gasteiger charge is -2.25. The molecule has 1 heterocycles. The molecule has 0 fully saturated rings. The Balaban J connectivity index is 2.22. The number of amides is 1. The molecule has 1 atom stereocenters. The molecule has 1 unspecified atom stereocenters. The standard InChI is InChI=1S/C17H21NO/c1-12(2)10-16-11-18(17(19)13(16)3)14(4)15-8-6-5-7-9-15/h5-10,14H,11H2,1-4H3. The molecule has 0 radical (unpaired) electrons. The molecule has 1 amide bonds. The minimum Gasteiger partial charge on any atom is -0.328 e. The Morgan fingerprint density at radius 1 is 1.26 bits per heavy atom. The van der Waals surface area contributed by atoms with Gasteiger partial charge in [0.05, 0.1) is 6.04 Å². The summed E-state index contributed by atoms with van der Waals surface area (Å²) < 4.78 is 0. The Hall–Kier alpha value is -1.83. The molecule has 0 aromatic heterocycles. The van der Waals surface area contributed by atoms with Gasteiger partial charge in [-0.2, -0.15) is 0 Å². The maximum Gasteiger partial charge on any atom is 0.250 e. The van der Waals surface area contributed by atoms with Crippen LogP contribution in [0.5, 0.6) is 0 Å². The molecule has 0 aliphatic carbocycles. The first-order valence-corrected chi connectivity index (χ1v) is 6.71. The van der Waals surface area contributed by atoms with Crippen molar-refractivity contribution >= 4 is 5.91 Å². The van der Waals surface area contributed by atoms with Crippen molar-refractivity contribution in [3.8, 4) is 0 Å². The summed E-state index contributed by atoms with van der Waals surface area (Å²) in [5.74, 6) is 0.156. The van der Waals surface area contributed by atoms with Gasteiger partial charge in [0.1, 0.15) is 0 Å². The second-order valence-electron chi connectivity index (χ2n) is 5.39. The van der Waals surface area contributed by atoms with Gasteiger partial charge >= 0.3 is 0 Å². The lowest BCUT2D eigenvalue weighted by Crippen LogP contribution is -2.30. The zero-order valence-electron chi connectivity index (χ0n) is 12.1. The Labute approximate surface area is 115 Å². The van der Waals surface area contributed by atoms with Gasteiger partial charge in [0.2, 0.25) is 0 Å². The zero-order chi connectivity index (χ0) is 14.0. The molecule has 0 saturated carbocycles. The summed E-state index contributed by atoms with van der Waals surface area (Å²) in [4.78, 5) is 14.3. The van der Waals surface area contributed by atoms with E-state index in [0.717, 1.165) is 11.1 Å². The normalized spacial score (nSPS) is 16.8. The van der Waals surface area contributed by atoms with E-state index in [2.05, 4.69) is 39.0 Å². The molecule has 0 spiro atoms. The molecule has 1 aliphatic heterocycles. The van der Waals surface area contributed by atoms with Gasteiger partial charge in [0.15, 0.2) is 0 Å². The molecule has 2 nitrogen and oxygen atoms in total. The monoisotopic (exact) mass is 255 g/mol. The highest BCUT2D eigenvalue weighted by molar-refractivity contribution is 5.97. The van der Waals surface area contributed by atoms with Crippen molar-refractivity contribution in [1.29, 1.82) is 0 Å². The molecular weight excluding hydrogens is 234 g/mol. The smallest absolute Gasteiger partial charge is 0.250 e.